The maximum absolute atomic E-state index is 11.9. The van der Waals surface area contributed by atoms with Gasteiger partial charge in [0.15, 0.2) is 0 Å². The first-order chi connectivity index (χ1) is 9.81. The third-order valence-corrected chi connectivity index (χ3v) is 5.45. The second-order valence-electron chi connectivity index (χ2n) is 5.07. The van der Waals surface area contributed by atoms with Crippen molar-refractivity contribution in [2.24, 2.45) is 0 Å². The van der Waals surface area contributed by atoms with E-state index in [1.807, 2.05) is 11.8 Å². The SMILES string of the molecule is O=C(Nc1nnc(N2CCSCC2)s1)NC1CCCC1. The number of nitrogens with zero attached hydrogens (tertiary/aromatic N) is 3. The lowest BCUT2D eigenvalue weighted by Crippen LogP contribution is -2.36. The van der Waals surface area contributed by atoms with Crippen molar-refractivity contribution in [1.29, 1.82) is 0 Å². The fourth-order valence-electron chi connectivity index (χ4n) is 2.54. The number of aromatic nitrogens is 2. The van der Waals surface area contributed by atoms with Gasteiger partial charge in [-0.25, -0.2) is 4.79 Å². The van der Waals surface area contributed by atoms with Gasteiger partial charge in [-0.1, -0.05) is 24.2 Å². The molecule has 3 rings (SSSR count). The molecule has 1 aliphatic heterocycles. The van der Waals surface area contributed by atoms with Gasteiger partial charge >= 0.3 is 6.03 Å². The zero-order valence-electron chi connectivity index (χ0n) is 11.3. The Morgan fingerprint density at radius 2 is 1.95 bits per heavy atom. The lowest BCUT2D eigenvalue weighted by Gasteiger charge is -2.24. The van der Waals surface area contributed by atoms with Crippen molar-refractivity contribution in [1.82, 2.24) is 15.5 Å². The summed E-state index contributed by atoms with van der Waals surface area (Å²) in [5, 5.41) is 15.5. The summed E-state index contributed by atoms with van der Waals surface area (Å²) in [5.41, 5.74) is 0. The van der Waals surface area contributed by atoms with Gasteiger partial charge in [-0.2, -0.15) is 11.8 Å². The molecule has 2 aliphatic rings. The first-order valence-corrected chi connectivity index (χ1v) is 9.02. The van der Waals surface area contributed by atoms with Crippen LogP contribution in [0.4, 0.5) is 15.1 Å². The van der Waals surface area contributed by atoms with Gasteiger partial charge in [0.2, 0.25) is 10.3 Å². The Hall–Kier alpha value is -1.02. The van der Waals surface area contributed by atoms with Gasteiger partial charge in [0.25, 0.3) is 0 Å². The predicted octanol–water partition coefficient (Wildman–Crippen LogP) is 2.16. The van der Waals surface area contributed by atoms with Crippen LogP contribution in [0.3, 0.4) is 0 Å². The normalized spacial score (nSPS) is 20.1. The van der Waals surface area contributed by atoms with Crippen LogP contribution >= 0.6 is 23.1 Å². The summed E-state index contributed by atoms with van der Waals surface area (Å²) >= 11 is 3.41. The van der Waals surface area contributed by atoms with Crippen LogP contribution in [0.1, 0.15) is 25.7 Å². The van der Waals surface area contributed by atoms with Gasteiger partial charge in [-0.3, -0.25) is 5.32 Å². The average molecular weight is 313 g/mol. The number of carbonyl (C=O) groups excluding carboxylic acids is 1. The molecule has 0 unspecified atom stereocenters. The largest absolute Gasteiger partial charge is 0.345 e. The number of carbonyl (C=O) groups is 1. The van der Waals surface area contributed by atoms with E-state index in [0.717, 1.165) is 42.6 Å². The minimum Gasteiger partial charge on any atom is -0.345 e. The molecule has 1 aromatic heterocycles. The van der Waals surface area contributed by atoms with Crippen LogP contribution in [0.15, 0.2) is 0 Å². The summed E-state index contributed by atoms with van der Waals surface area (Å²) < 4.78 is 0. The molecule has 2 fully saturated rings. The number of thioether (sulfide) groups is 1. The van der Waals surface area contributed by atoms with Crippen molar-refractivity contribution in [2.75, 3.05) is 34.8 Å². The van der Waals surface area contributed by atoms with E-state index in [1.165, 1.54) is 24.2 Å². The smallest absolute Gasteiger partial charge is 0.321 e. The highest BCUT2D eigenvalue weighted by atomic mass is 32.2. The Balaban J connectivity index is 1.52. The molecule has 8 heteroatoms. The molecule has 1 saturated heterocycles. The van der Waals surface area contributed by atoms with Crippen LogP contribution in [0.25, 0.3) is 0 Å². The summed E-state index contributed by atoms with van der Waals surface area (Å²) in [7, 11) is 0. The molecule has 0 aromatic carbocycles. The van der Waals surface area contributed by atoms with Crippen molar-refractivity contribution >= 4 is 39.4 Å². The van der Waals surface area contributed by atoms with Crippen molar-refractivity contribution in [3.63, 3.8) is 0 Å². The van der Waals surface area contributed by atoms with Crippen molar-refractivity contribution < 1.29 is 4.79 Å². The zero-order valence-corrected chi connectivity index (χ0v) is 12.9. The van der Waals surface area contributed by atoms with Crippen LogP contribution < -0.4 is 15.5 Å². The number of rotatable bonds is 3. The Morgan fingerprint density at radius 3 is 2.70 bits per heavy atom. The molecule has 2 amide bonds. The molecule has 0 bridgehead atoms. The Bertz CT molecular complexity index is 454. The molecular weight excluding hydrogens is 294 g/mol. The standard InChI is InChI=1S/C12H19N5OS2/c18-10(13-9-3-1-2-4-9)14-11-15-16-12(20-11)17-5-7-19-8-6-17/h9H,1-8H2,(H2,13,14,15,18). The minimum absolute atomic E-state index is 0.159. The van der Waals surface area contributed by atoms with E-state index in [9.17, 15) is 4.79 Å². The van der Waals surface area contributed by atoms with Gasteiger partial charge in [0, 0.05) is 30.6 Å². The number of urea groups is 1. The van der Waals surface area contributed by atoms with Crippen LogP contribution in [0, 0.1) is 0 Å². The predicted molar refractivity (Wildman–Crippen MR) is 83.9 cm³/mol. The monoisotopic (exact) mass is 313 g/mol. The topological polar surface area (TPSA) is 70.2 Å². The third-order valence-electron chi connectivity index (χ3n) is 3.61. The van der Waals surface area contributed by atoms with Crippen molar-refractivity contribution in [3.05, 3.63) is 0 Å². The molecule has 2 heterocycles. The van der Waals surface area contributed by atoms with E-state index in [1.54, 1.807) is 0 Å². The van der Waals surface area contributed by atoms with E-state index >= 15 is 0 Å². The van der Waals surface area contributed by atoms with Gasteiger partial charge in [-0.15, -0.1) is 10.2 Å². The maximum atomic E-state index is 11.9. The highest BCUT2D eigenvalue weighted by Crippen LogP contribution is 2.26. The maximum Gasteiger partial charge on any atom is 0.321 e. The fraction of sp³-hybridized carbons (Fsp3) is 0.750. The van der Waals surface area contributed by atoms with Crippen molar-refractivity contribution in [2.45, 2.75) is 31.7 Å². The first-order valence-electron chi connectivity index (χ1n) is 7.05. The van der Waals surface area contributed by atoms with E-state index in [2.05, 4.69) is 25.7 Å². The number of amides is 2. The van der Waals surface area contributed by atoms with Crippen molar-refractivity contribution in [3.8, 4) is 0 Å². The van der Waals surface area contributed by atoms with E-state index < -0.39 is 0 Å². The second-order valence-corrected chi connectivity index (χ2v) is 7.25. The molecule has 20 heavy (non-hydrogen) atoms. The van der Waals surface area contributed by atoms with Gasteiger partial charge in [0.1, 0.15) is 0 Å². The second kappa shape index (κ2) is 6.62. The molecule has 1 aromatic rings. The molecule has 110 valence electrons. The Morgan fingerprint density at radius 1 is 1.20 bits per heavy atom. The molecule has 6 nitrogen and oxygen atoms in total. The molecule has 0 radical (unpaired) electrons. The van der Waals surface area contributed by atoms with E-state index in [0.29, 0.717) is 11.2 Å². The van der Waals surface area contributed by atoms with Crippen LogP contribution in [0.5, 0.6) is 0 Å². The Kier molecular flexibility index (Phi) is 4.62. The van der Waals surface area contributed by atoms with Gasteiger partial charge in [0.05, 0.1) is 0 Å². The molecular formula is C12H19N5OS2. The Labute approximate surface area is 126 Å². The first kappa shape index (κ1) is 13.9. The molecule has 0 atom stereocenters. The zero-order chi connectivity index (χ0) is 13.8. The summed E-state index contributed by atoms with van der Waals surface area (Å²) in [4.78, 5) is 14.1. The van der Waals surface area contributed by atoms with Gasteiger partial charge in [-0.05, 0) is 12.8 Å². The lowest BCUT2D eigenvalue weighted by atomic mass is 10.3. The van der Waals surface area contributed by atoms with Crippen LogP contribution in [0.2, 0.25) is 0 Å². The third kappa shape index (κ3) is 3.54. The molecule has 1 aliphatic carbocycles. The summed E-state index contributed by atoms with van der Waals surface area (Å²) in [6, 6.07) is 0.162. The van der Waals surface area contributed by atoms with Crippen LogP contribution in [-0.2, 0) is 0 Å². The molecule has 0 spiro atoms. The number of hydrogen-bond acceptors (Lipinski definition) is 6. The summed E-state index contributed by atoms with van der Waals surface area (Å²) in [6.45, 7) is 2.02. The summed E-state index contributed by atoms with van der Waals surface area (Å²) in [6.07, 6.45) is 4.59. The highest BCUT2D eigenvalue weighted by Gasteiger charge is 2.19. The summed E-state index contributed by atoms with van der Waals surface area (Å²) in [5.74, 6) is 2.26. The quantitative estimate of drug-likeness (QED) is 0.895. The van der Waals surface area contributed by atoms with Gasteiger partial charge < -0.3 is 10.2 Å². The number of anilines is 2. The molecule has 2 N–H and O–H groups in total. The number of nitrogens with one attached hydrogen (secondary N) is 2. The van der Waals surface area contributed by atoms with Crippen LogP contribution in [-0.4, -0.2) is 46.9 Å². The minimum atomic E-state index is -0.159. The molecule has 1 saturated carbocycles. The number of hydrogen-bond donors (Lipinski definition) is 2. The van der Waals surface area contributed by atoms with E-state index in [4.69, 9.17) is 0 Å². The fourth-order valence-corrected chi connectivity index (χ4v) is 4.23. The average Bonchev–Trinajstić information content (AvgIpc) is 3.11. The highest BCUT2D eigenvalue weighted by molar-refractivity contribution is 7.99. The van der Waals surface area contributed by atoms with E-state index in [-0.39, 0.29) is 6.03 Å². The lowest BCUT2D eigenvalue weighted by molar-refractivity contribution is 0.248.